The van der Waals surface area contributed by atoms with Crippen LogP contribution in [-0.2, 0) is 10.0 Å². The fourth-order valence-electron chi connectivity index (χ4n) is 2.24. The lowest BCUT2D eigenvalue weighted by molar-refractivity contribution is 0.386. The predicted molar refractivity (Wildman–Crippen MR) is 75.0 cm³/mol. The van der Waals surface area contributed by atoms with Crippen LogP contribution in [0.25, 0.3) is 0 Å². The lowest BCUT2D eigenvalue weighted by Crippen LogP contribution is -2.43. The van der Waals surface area contributed by atoms with Gasteiger partial charge in [0.15, 0.2) is 0 Å². The van der Waals surface area contributed by atoms with E-state index in [2.05, 4.69) is 17.0 Å². The summed E-state index contributed by atoms with van der Waals surface area (Å²) in [7, 11) is -3.05. The van der Waals surface area contributed by atoms with E-state index in [1.54, 1.807) is 0 Å². The molecule has 0 amide bonds. The number of thioether (sulfide) groups is 1. The first kappa shape index (κ1) is 15.3. The van der Waals surface area contributed by atoms with Crippen molar-refractivity contribution in [3.05, 3.63) is 0 Å². The average Bonchev–Trinajstić information content (AvgIpc) is 2.25. The molecule has 6 heteroatoms. The number of nitrogens with one attached hydrogen (secondary N) is 2. The molecule has 0 aliphatic heterocycles. The molecule has 1 aliphatic carbocycles. The summed E-state index contributed by atoms with van der Waals surface area (Å²) < 4.78 is 24.3. The van der Waals surface area contributed by atoms with Gasteiger partial charge in [-0.15, -0.1) is 0 Å². The highest BCUT2D eigenvalue weighted by Gasteiger charge is 2.24. The van der Waals surface area contributed by atoms with E-state index in [0.717, 1.165) is 12.3 Å². The van der Waals surface area contributed by atoms with E-state index in [-0.39, 0.29) is 0 Å². The Kier molecular flexibility index (Phi) is 6.84. The highest BCUT2D eigenvalue weighted by atomic mass is 32.2. The van der Waals surface area contributed by atoms with Gasteiger partial charge in [-0.05, 0) is 18.6 Å². The van der Waals surface area contributed by atoms with E-state index in [1.165, 1.54) is 31.9 Å². The third-order valence-electron chi connectivity index (χ3n) is 2.98. The summed E-state index contributed by atoms with van der Waals surface area (Å²) in [5, 5.41) is 4.18. The molecule has 2 atom stereocenters. The van der Waals surface area contributed by atoms with Gasteiger partial charge in [-0.2, -0.15) is 11.8 Å². The monoisotopic (exact) mass is 280 g/mol. The fourth-order valence-corrected chi connectivity index (χ4v) is 3.94. The molecule has 0 saturated heterocycles. The van der Waals surface area contributed by atoms with Gasteiger partial charge in [0.1, 0.15) is 0 Å². The van der Waals surface area contributed by atoms with Crippen LogP contribution < -0.4 is 10.0 Å². The van der Waals surface area contributed by atoms with E-state index in [1.807, 2.05) is 11.8 Å². The summed E-state index contributed by atoms with van der Waals surface area (Å²) >= 11 is 2.02. The van der Waals surface area contributed by atoms with Crippen LogP contribution in [0, 0.1) is 0 Å². The molecule has 0 bridgehead atoms. The fraction of sp³-hybridized carbons (Fsp3) is 1.00. The molecule has 1 saturated carbocycles. The maximum atomic E-state index is 10.9. The van der Waals surface area contributed by atoms with Gasteiger partial charge in [0, 0.05) is 24.4 Å². The van der Waals surface area contributed by atoms with E-state index in [0.29, 0.717) is 17.8 Å². The Morgan fingerprint density at radius 3 is 2.59 bits per heavy atom. The molecule has 0 heterocycles. The van der Waals surface area contributed by atoms with E-state index in [4.69, 9.17) is 0 Å². The van der Waals surface area contributed by atoms with Crippen LogP contribution in [0.1, 0.15) is 32.6 Å². The van der Waals surface area contributed by atoms with Crippen molar-refractivity contribution < 1.29 is 8.42 Å². The van der Waals surface area contributed by atoms with Crippen LogP contribution in [-0.4, -0.2) is 44.8 Å². The van der Waals surface area contributed by atoms with Gasteiger partial charge in [0.2, 0.25) is 10.0 Å². The smallest absolute Gasteiger partial charge is 0.208 e. The Morgan fingerprint density at radius 2 is 1.94 bits per heavy atom. The lowest BCUT2D eigenvalue weighted by Gasteiger charge is -2.31. The molecule has 0 aromatic heterocycles. The maximum Gasteiger partial charge on any atom is 0.208 e. The van der Waals surface area contributed by atoms with Gasteiger partial charge in [0.25, 0.3) is 0 Å². The molecular weight excluding hydrogens is 256 g/mol. The standard InChI is InChI=1S/C11H24N2O2S2/c1-3-16-11-7-5-4-6-10(11)12-8-9-13-17(2,14)15/h10-13H,3-9H2,1-2H3/t10-,11-/m0/s1. The first-order chi connectivity index (χ1) is 8.03. The number of rotatable bonds is 7. The minimum Gasteiger partial charge on any atom is -0.312 e. The van der Waals surface area contributed by atoms with Gasteiger partial charge in [-0.3, -0.25) is 0 Å². The van der Waals surface area contributed by atoms with Gasteiger partial charge in [0.05, 0.1) is 6.26 Å². The Hall–Kier alpha value is 0.220. The summed E-state index contributed by atoms with van der Waals surface area (Å²) in [4.78, 5) is 0. The topological polar surface area (TPSA) is 58.2 Å². The zero-order valence-corrected chi connectivity index (χ0v) is 12.4. The first-order valence-corrected chi connectivity index (χ1v) is 9.26. The van der Waals surface area contributed by atoms with Gasteiger partial charge >= 0.3 is 0 Å². The molecule has 0 aromatic rings. The average molecular weight is 280 g/mol. The second-order valence-electron chi connectivity index (χ2n) is 4.51. The van der Waals surface area contributed by atoms with Crippen LogP contribution in [0.15, 0.2) is 0 Å². The summed E-state index contributed by atoms with van der Waals surface area (Å²) in [6.07, 6.45) is 6.32. The van der Waals surface area contributed by atoms with Gasteiger partial charge < -0.3 is 5.32 Å². The van der Waals surface area contributed by atoms with E-state index < -0.39 is 10.0 Å². The molecule has 1 aliphatic rings. The van der Waals surface area contributed by atoms with Gasteiger partial charge in [-0.25, -0.2) is 13.1 Å². The summed E-state index contributed by atoms with van der Waals surface area (Å²) in [5.74, 6) is 1.16. The molecule has 4 nitrogen and oxygen atoms in total. The predicted octanol–water partition coefficient (Wildman–Crippen LogP) is 1.19. The van der Waals surface area contributed by atoms with Gasteiger partial charge in [-0.1, -0.05) is 19.8 Å². The number of hydrogen-bond donors (Lipinski definition) is 2. The second kappa shape index (κ2) is 7.61. The molecule has 0 spiro atoms. The van der Waals surface area contributed by atoms with Crippen LogP contribution >= 0.6 is 11.8 Å². The van der Waals surface area contributed by atoms with Crippen LogP contribution in [0.2, 0.25) is 0 Å². The first-order valence-electron chi connectivity index (χ1n) is 6.32. The van der Waals surface area contributed by atoms with Crippen molar-refractivity contribution in [3.8, 4) is 0 Å². The zero-order chi connectivity index (χ0) is 12.7. The molecule has 0 unspecified atom stereocenters. The Labute approximate surface area is 109 Å². The van der Waals surface area contributed by atoms with Crippen molar-refractivity contribution in [2.75, 3.05) is 25.1 Å². The van der Waals surface area contributed by atoms with Crippen molar-refractivity contribution in [2.45, 2.75) is 43.9 Å². The molecule has 1 rings (SSSR count). The quantitative estimate of drug-likeness (QED) is 0.688. The SMILES string of the molecule is CCS[C@H]1CCCC[C@@H]1NCCNS(C)(=O)=O. The van der Waals surface area contributed by atoms with Crippen molar-refractivity contribution in [1.29, 1.82) is 0 Å². The Morgan fingerprint density at radius 1 is 1.24 bits per heavy atom. The zero-order valence-electron chi connectivity index (χ0n) is 10.7. The molecule has 1 fully saturated rings. The van der Waals surface area contributed by atoms with E-state index in [9.17, 15) is 8.42 Å². The summed E-state index contributed by atoms with van der Waals surface area (Å²) in [5.41, 5.74) is 0. The van der Waals surface area contributed by atoms with Crippen LogP contribution in [0.4, 0.5) is 0 Å². The minimum absolute atomic E-state index is 0.485. The van der Waals surface area contributed by atoms with Crippen molar-refractivity contribution in [1.82, 2.24) is 10.0 Å². The molecule has 102 valence electrons. The number of sulfonamides is 1. The molecule has 0 aromatic carbocycles. The Balaban J connectivity index is 2.23. The van der Waals surface area contributed by atoms with E-state index >= 15 is 0 Å². The minimum atomic E-state index is -3.05. The van der Waals surface area contributed by atoms with Crippen molar-refractivity contribution >= 4 is 21.8 Å². The number of hydrogen-bond acceptors (Lipinski definition) is 4. The Bertz CT molecular complexity index is 305. The highest BCUT2D eigenvalue weighted by Crippen LogP contribution is 2.28. The largest absolute Gasteiger partial charge is 0.312 e. The van der Waals surface area contributed by atoms with Crippen molar-refractivity contribution in [2.24, 2.45) is 0 Å². The maximum absolute atomic E-state index is 10.9. The molecule has 17 heavy (non-hydrogen) atoms. The van der Waals surface area contributed by atoms with Crippen LogP contribution in [0.3, 0.4) is 0 Å². The third kappa shape index (κ3) is 6.64. The molecule has 2 N–H and O–H groups in total. The lowest BCUT2D eigenvalue weighted by atomic mass is 9.95. The van der Waals surface area contributed by atoms with Crippen molar-refractivity contribution in [3.63, 3.8) is 0 Å². The third-order valence-corrected chi connectivity index (χ3v) is 5.03. The van der Waals surface area contributed by atoms with Crippen LogP contribution in [0.5, 0.6) is 0 Å². The second-order valence-corrected chi connectivity index (χ2v) is 7.85. The molecular formula is C11H24N2O2S2. The summed E-state index contributed by atoms with van der Waals surface area (Å²) in [6, 6.07) is 0.551. The normalized spacial score (nSPS) is 26.0. The summed E-state index contributed by atoms with van der Waals surface area (Å²) in [6.45, 7) is 3.40. The molecule has 0 radical (unpaired) electrons. The highest BCUT2D eigenvalue weighted by molar-refractivity contribution is 7.99.